The lowest BCUT2D eigenvalue weighted by Crippen LogP contribution is -2.19. The second-order valence-corrected chi connectivity index (χ2v) is 8.44. The molecule has 4 rings (SSSR count). The first-order chi connectivity index (χ1) is 16.3. The summed E-state index contributed by atoms with van der Waals surface area (Å²) in [7, 11) is 0. The Morgan fingerprint density at radius 2 is 1.79 bits per heavy atom. The zero-order valence-corrected chi connectivity index (χ0v) is 18.4. The van der Waals surface area contributed by atoms with E-state index in [0.717, 1.165) is 46.9 Å². The molecule has 1 fully saturated rings. The summed E-state index contributed by atoms with van der Waals surface area (Å²) in [6.07, 6.45) is 3.47. The zero-order chi connectivity index (χ0) is 24.1. The van der Waals surface area contributed by atoms with Crippen LogP contribution in [-0.4, -0.2) is 32.4 Å². The van der Waals surface area contributed by atoms with Crippen LogP contribution >= 0.6 is 0 Å². The van der Waals surface area contributed by atoms with E-state index in [4.69, 9.17) is 5.11 Å². The van der Waals surface area contributed by atoms with Crippen molar-refractivity contribution in [2.24, 2.45) is 5.92 Å². The Morgan fingerprint density at radius 3 is 2.38 bits per heavy atom. The van der Waals surface area contributed by atoms with E-state index >= 15 is 0 Å². The Bertz CT molecular complexity index is 1090. The number of hydrogen-bond acceptors (Lipinski definition) is 5. The number of pyridine rings is 1. The van der Waals surface area contributed by atoms with E-state index < -0.39 is 17.7 Å². The molecule has 0 radical (unpaired) electrons. The fraction of sp³-hybridized carbons (Fsp3) is 0.375. The second-order valence-electron chi connectivity index (χ2n) is 8.44. The van der Waals surface area contributed by atoms with Crippen LogP contribution in [-0.2, 0) is 11.0 Å². The lowest BCUT2D eigenvalue weighted by atomic mass is 9.91. The molecule has 10 heteroatoms. The molecule has 0 spiro atoms. The molecule has 3 N–H and O–H groups in total. The number of alkyl halides is 3. The van der Waals surface area contributed by atoms with E-state index in [1.807, 2.05) is 24.3 Å². The molecule has 0 amide bonds. The smallest absolute Gasteiger partial charge is 0.419 e. The summed E-state index contributed by atoms with van der Waals surface area (Å²) in [5.74, 6) is -0.0937. The minimum Gasteiger partial charge on any atom is -0.481 e. The van der Waals surface area contributed by atoms with Crippen molar-refractivity contribution in [1.82, 2.24) is 14.8 Å². The first-order valence-corrected chi connectivity index (χ1v) is 11.2. The SMILES string of the molecule is O=C(O)CCNc1ccc(C(Nc2ccc(-n3cc(C(F)(F)F)cn3)nc2)C2CCCC2)cc1. The number of carbonyl (C=O) groups is 1. The van der Waals surface area contributed by atoms with Crippen LogP contribution in [0.25, 0.3) is 5.82 Å². The number of aromatic nitrogens is 3. The van der Waals surface area contributed by atoms with Crippen LogP contribution in [0.1, 0.15) is 49.3 Å². The van der Waals surface area contributed by atoms with Crippen molar-refractivity contribution in [3.8, 4) is 5.82 Å². The van der Waals surface area contributed by atoms with E-state index in [-0.39, 0.29) is 12.5 Å². The molecule has 1 aliphatic carbocycles. The minimum absolute atomic E-state index is 0.0487. The second kappa shape index (κ2) is 10.1. The Labute approximate surface area is 195 Å². The molecule has 1 atom stereocenters. The lowest BCUT2D eigenvalue weighted by molar-refractivity contribution is -0.138. The van der Waals surface area contributed by atoms with E-state index in [1.54, 1.807) is 18.3 Å². The standard InChI is InChI=1S/C24H26F3N5O2/c25-24(26,27)18-13-30-32(15-18)21-10-9-20(14-29-21)31-23(16-3-1-2-4-16)17-5-7-19(8-6-17)28-12-11-22(33)34/h5-10,13-16,23,28,31H,1-4,11-12H2,(H,33,34). The van der Waals surface area contributed by atoms with Gasteiger partial charge in [-0.25, -0.2) is 9.67 Å². The molecule has 1 aliphatic rings. The number of anilines is 2. The van der Waals surface area contributed by atoms with Gasteiger partial charge in [0.2, 0.25) is 0 Å². The Kier molecular flexibility index (Phi) is 7.04. The summed E-state index contributed by atoms with van der Waals surface area (Å²) in [6, 6.07) is 11.4. The summed E-state index contributed by atoms with van der Waals surface area (Å²) in [4.78, 5) is 15.0. The molecule has 2 aromatic heterocycles. The van der Waals surface area contributed by atoms with Gasteiger partial charge >= 0.3 is 12.1 Å². The Hall–Kier alpha value is -3.56. The topological polar surface area (TPSA) is 92.1 Å². The highest BCUT2D eigenvalue weighted by molar-refractivity contribution is 5.67. The molecule has 3 aromatic rings. The van der Waals surface area contributed by atoms with E-state index in [2.05, 4.69) is 20.7 Å². The maximum Gasteiger partial charge on any atom is 0.419 e. The molecule has 1 unspecified atom stereocenters. The van der Waals surface area contributed by atoms with Gasteiger partial charge in [0.25, 0.3) is 0 Å². The van der Waals surface area contributed by atoms with E-state index in [9.17, 15) is 18.0 Å². The van der Waals surface area contributed by atoms with Gasteiger partial charge in [0.15, 0.2) is 5.82 Å². The summed E-state index contributed by atoms with van der Waals surface area (Å²) >= 11 is 0. The van der Waals surface area contributed by atoms with Crippen molar-refractivity contribution in [3.63, 3.8) is 0 Å². The van der Waals surface area contributed by atoms with Crippen LogP contribution in [0, 0.1) is 5.92 Å². The molecular weight excluding hydrogens is 447 g/mol. The summed E-state index contributed by atoms with van der Waals surface area (Å²) in [5.41, 5.74) is 1.92. The summed E-state index contributed by atoms with van der Waals surface area (Å²) < 4.78 is 39.6. The van der Waals surface area contributed by atoms with Gasteiger partial charge in [0, 0.05) is 18.4 Å². The molecule has 34 heavy (non-hydrogen) atoms. The van der Waals surface area contributed by atoms with Crippen LogP contribution in [0.5, 0.6) is 0 Å². The van der Waals surface area contributed by atoms with Crippen molar-refractivity contribution >= 4 is 17.3 Å². The number of nitrogens with one attached hydrogen (secondary N) is 2. The van der Waals surface area contributed by atoms with Gasteiger partial charge in [-0.15, -0.1) is 0 Å². The highest BCUT2D eigenvalue weighted by Crippen LogP contribution is 2.38. The van der Waals surface area contributed by atoms with Crippen molar-refractivity contribution < 1.29 is 23.1 Å². The number of aliphatic carboxylic acids is 1. The quantitative estimate of drug-likeness (QED) is 0.379. The molecule has 0 saturated heterocycles. The van der Waals surface area contributed by atoms with Crippen LogP contribution in [0.15, 0.2) is 55.0 Å². The number of carboxylic acid groups (broad SMARTS) is 1. The fourth-order valence-electron chi connectivity index (χ4n) is 4.27. The third-order valence-electron chi connectivity index (χ3n) is 6.02. The van der Waals surface area contributed by atoms with E-state index in [1.165, 1.54) is 12.8 Å². The molecule has 0 bridgehead atoms. The summed E-state index contributed by atoms with van der Waals surface area (Å²) in [6.45, 7) is 0.359. The average molecular weight is 473 g/mol. The largest absolute Gasteiger partial charge is 0.481 e. The van der Waals surface area contributed by atoms with Crippen LogP contribution in [0.4, 0.5) is 24.5 Å². The average Bonchev–Trinajstić information content (AvgIpc) is 3.51. The molecule has 180 valence electrons. The zero-order valence-electron chi connectivity index (χ0n) is 18.4. The lowest BCUT2D eigenvalue weighted by Gasteiger charge is -2.26. The van der Waals surface area contributed by atoms with Gasteiger partial charge < -0.3 is 15.7 Å². The first-order valence-electron chi connectivity index (χ1n) is 11.2. The minimum atomic E-state index is -4.45. The number of nitrogens with zero attached hydrogens (tertiary/aromatic N) is 3. The Morgan fingerprint density at radius 1 is 1.09 bits per heavy atom. The van der Waals surface area contributed by atoms with Crippen molar-refractivity contribution in [3.05, 3.63) is 66.1 Å². The third kappa shape index (κ3) is 5.86. The normalized spacial score (nSPS) is 15.3. The molecule has 7 nitrogen and oxygen atoms in total. The van der Waals surface area contributed by atoms with Gasteiger partial charge in [-0.05, 0) is 48.6 Å². The van der Waals surface area contributed by atoms with E-state index in [0.29, 0.717) is 18.3 Å². The number of hydrogen-bond donors (Lipinski definition) is 3. The van der Waals surface area contributed by atoms with Gasteiger partial charge in [-0.2, -0.15) is 18.3 Å². The third-order valence-corrected chi connectivity index (χ3v) is 6.02. The van der Waals surface area contributed by atoms with Crippen molar-refractivity contribution in [1.29, 1.82) is 0 Å². The molecule has 0 aliphatic heterocycles. The number of rotatable bonds is 9. The molecule has 1 aromatic carbocycles. The molecule has 2 heterocycles. The van der Waals surface area contributed by atoms with Crippen LogP contribution in [0.2, 0.25) is 0 Å². The number of halogens is 3. The predicted molar refractivity (Wildman–Crippen MR) is 122 cm³/mol. The molecular formula is C24H26F3N5O2. The van der Waals surface area contributed by atoms with Gasteiger partial charge in [0.1, 0.15) is 0 Å². The maximum atomic E-state index is 12.8. The Balaban J connectivity index is 1.47. The van der Waals surface area contributed by atoms with Crippen molar-refractivity contribution in [2.45, 2.75) is 44.3 Å². The van der Waals surface area contributed by atoms with Gasteiger partial charge in [-0.3, -0.25) is 4.79 Å². The van der Waals surface area contributed by atoms with Crippen LogP contribution in [0.3, 0.4) is 0 Å². The fourth-order valence-corrected chi connectivity index (χ4v) is 4.27. The first kappa shape index (κ1) is 23.6. The van der Waals surface area contributed by atoms with Crippen LogP contribution < -0.4 is 10.6 Å². The monoisotopic (exact) mass is 473 g/mol. The predicted octanol–water partition coefficient (Wildman–Crippen LogP) is 5.52. The highest BCUT2D eigenvalue weighted by atomic mass is 19.4. The van der Waals surface area contributed by atoms with Crippen molar-refractivity contribution in [2.75, 3.05) is 17.2 Å². The number of benzene rings is 1. The molecule has 1 saturated carbocycles. The summed E-state index contributed by atoms with van der Waals surface area (Å²) in [5, 5.41) is 19.2. The van der Waals surface area contributed by atoms with Gasteiger partial charge in [0.05, 0.1) is 36.1 Å². The van der Waals surface area contributed by atoms with Gasteiger partial charge in [-0.1, -0.05) is 25.0 Å². The maximum absolute atomic E-state index is 12.8. The highest BCUT2D eigenvalue weighted by Gasteiger charge is 2.32. The number of carboxylic acids is 1.